The van der Waals surface area contributed by atoms with Crippen LogP contribution in [0.4, 0.5) is 0 Å². The molecule has 1 fully saturated rings. The number of likely N-dealkylation sites (N-methyl/N-ethyl adjacent to an activating group) is 1. The van der Waals surface area contributed by atoms with E-state index in [4.69, 9.17) is 10.5 Å². The van der Waals surface area contributed by atoms with Crippen molar-refractivity contribution >= 4 is 23.4 Å². The zero-order valence-corrected chi connectivity index (χ0v) is 26.5. The van der Waals surface area contributed by atoms with Gasteiger partial charge in [-0.25, -0.2) is 0 Å². The number of rotatable bonds is 6. The van der Waals surface area contributed by atoms with E-state index in [1.807, 2.05) is 24.3 Å². The Balaban J connectivity index is 1.33. The summed E-state index contributed by atoms with van der Waals surface area (Å²) in [7, 11) is 4.60. The summed E-state index contributed by atoms with van der Waals surface area (Å²) in [6.45, 7) is 2.28. The lowest BCUT2D eigenvalue weighted by Gasteiger charge is -2.50. The number of esters is 1. The lowest BCUT2D eigenvalue weighted by molar-refractivity contribution is -0.148. The van der Waals surface area contributed by atoms with Gasteiger partial charge in [0.05, 0.1) is 24.6 Å². The molecule has 12 nitrogen and oxygen atoms in total. The Labute approximate surface area is 271 Å². The van der Waals surface area contributed by atoms with Crippen LogP contribution in [-0.2, 0) is 32.1 Å². The number of ketones is 2. The molecule has 0 bridgehead atoms. The van der Waals surface area contributed by atoms with Crippen molar-refractivity contribution in [2.75, 3.05) is 34.3 Å². The summed E-state index contributed by atoms with van der Waals surface area (Å²) in [6, 6.07) is 10.0. The van der Waals surface area contributed by atoms with Crippen LogP contribution in [0.3, 0.4) is 0 Å². The van der Waals surface area contributed by atoms with Crippen molar-refractivity contribution in [2.45, 2.75) is 43.9 Å². The van der Waals surface area contributed by atoms with Gasteiger partial charge in [-0.15, -0.1) is 0 Å². The first kappa shape index (κ1) is 32.4. The second-order valence-electron chi connectivity index (χ2n) is 13.2. The molecule has 1 heterocycles. The highest BCUT2D eigenvalue weighted by Crippen LogP contribution is 2.53. The van der Waals surface area contributed by atoms with E-state index in [1.165, 1.54) is 18.1 Å². The number of methoxy groups -OCH3 is 1. The first-order chi connectivity index (χ1) is 22.3. The molecule has 47 heavy (non-hydrogen) atoms. The molecular formula is C35H39N3O9. The highest BCUT2D eigenvalue weighted by molar-refractivity contribution is 6.24. The number of fused-ring (bicyclic) bond motifs is 3. The minimum absolute atomic E-state index is 0.0203. The first-order valence-corrected chi connectivity index (χ1v) is 15.7. The van der Waals surface area contributed by atoms with Crippen LogP contribution in [0.2, 0.25) is 0 Å². The number of amides is 1. The zero-order chi connectivity index (χ0) is 33.9. The Morgan fingerprint density at radius 3 is 2.30 bits per heavy atom. The number of allylic oxidation sites excluding steroid dienone is 1. The highest BCUT2D eigenvalue weighted by Gasteiger charge is 2.63. The van der Waals surface area contributed by atoms with Crippen molar-refractivity contribution < 1.29 is 44.3 Å². The lowest BCUT2D eigenvalue weighted by Crippen LogP contribution is -2.63. The van der Waals surface area contributed by atoms with Gasteiger partial charge in [-0.2, -0.15) is 0 Å². The summed E-state index contributed by atoms with van der Waals surface area (Å²) < 4.78 is 4.89. The second-order valence-corrected chi connectivity index (χ2v) is 13.2. The number of hydrogen-bond acceptors (Lipinski definition) is 11. The van der Waals surface area contributed by atoms with E-state index in [2.05, 4.69) is 4.90 Å². The van der Waals surface area contributed by atoms with Crippen molar-refractivity contribution in [3.63, 3.8) is 0 Å². The average molecular weight is 646 g/mol. The smallest absolute Gasteiger partial charge is 0.308 e. The van der Waals surface area contributed by atoms with E-state index < -0.39 is 58.0 Å². The van der Waals surface area contributed by atoms with Gasteiger partial charge < -0.3 is 30.9 Å². The van der Waals surface area contributed by atoms with Crippen LogP contribution in [-0.4, -0.2) is 99.6 Å². The number of ether oxygens (including phenoxy) is 1. The van der Waals surface area contributed by atoms with Gasteiger partial charge in [0.15, 0.2) is 11.4 Å². The van der Waals surface area contributed by atoms with E-state index in [-0.39, 0.29) is 41.6 Å². The van der Waals surface area contributed by atoms with Gasteiger partial charge in [-0.1, -0.05) is 30.3 Å². The van der Waals surface area contributed by atoms with Crippen LogP contribution in [0.15, 0.2) is 59.1 Å². The van der Waals surface area contributed by atoms with E-state index in [0.717, 1.165) is 42.6 Å². The molecule has 2 aromatic rings. The third-order valence-corrected chi connectivity index (χ3v) is 10.4. The van der Waals surface area contributed by atoms with Gasteiger partial charge in [-0.3, -0.25) is 29.0 Å². The predicted octanol–water partition coefficient (Wildman–Crippen LogP) is 2.17. The molecule has 2 aromatic carbocycles. The maximum absolute atomic E-state index is 14.0. The Morgan fingerprint density at radius 1 is 1.04 bits per heavy atom. The summed E-state index contributed by atoms with van der Waals surface area (Å²) >= 11 is 0. The van der Waals surface area contributed by atoms with E-state index in [9.17, 15) is 39.6 Å². The molecule has 1 saturated heterocycles. The van der Waals surface area contributed by atoms with E-state index >= 15 is 0 Å². The third-order valence-electron chi connectivity index (χ3n) is 10.4. The molecule has 0 radical (unpaired) electrons. The number of hydrogen-bond donors (Lipinski definition) is 5. The fraction of sp³-hybridized carbons (Fsp3) is 0.429. The van der Waals surface area contributed by atoms with Gasteiger partial charge in [0.25, 0.3) is 5.91 Å². The van der Waals surface area contributed by atoms with Crippen molar-refractivity contribution in [3.8, 4) is 16.9 Å². The number of phenols is 1. The molecule has 248 valence electrons. The zero-order valence-electron chi connectivity index (χ0n) is 26.5. The number of aromatic hydroxyl groups is 1. The van der Waals surface area contributed by atoms with Crippen LogP contribution in [0, 0.1) is 17.8 Å². The van der Waals surface area contributed by atoms with Crippen molar-refractivity contribution in [3.05, 3.63) is 75.8 Å². The Bertz CT molecular complexity index is 1740. The van der Waals surface area contributed by atoms with Gasteiger partial charge in [0.2, 0.25) is 5.78 Å². The number of aliphatic hydroxyl groups is 3. The summed E-state index contributed by atoms with van der Waals surface area (Å²) in [4.78, 5) is 55.4. The number of benzene rings is 2. The Morgan fingerprint density at radius 2 is 1.70 bits per heavy atom. The van der Waals surface area contributed by atoms with Crippen LogP contribution in [0.5, 0.6) is 5.75 Å². The van der Waals surface area contributed by atoms with Crippen LogP contribution in [0.1, 0.15) is 40.7 Å². The van der Waals surface area contributed by atoms with E-state index in [0.29, 0.717) is 12.1 Å². The van der Waals surface area contributed by atoms with Gasteiger partial charge >= 0.3 is 5.97 Å². The molecule has 1 aliphatic heterocycles. The number of phenolic OH excluding ortho intramolecular Hbond substituents is 1. The number of nitrogens with zero attached hydrogens (tertiary/aromatic N) is 2. The lowest BCUT2D eigenvalue weighted by atomic mass is 9.58. The number of aliphatic hydroxyl groups excluding tert-OH is 2. The quantitative estimate of drug-likeness (QED) is 0.229. The molecular weight excluding hydrogens is 606 g/mol. The summed E-state index contributed by atoms with van der Waals surface area (Å²) in [5, 5.41) is 45.2. The fourth-order valence-electron chi connectivity index (χ4n) is 8.06. The van der Waals surface area contributed by atoms with Crippen molar-refractivity contribution in [1.29, 1.82) is 0 Å². The maximum Gasteiger partial charge on any atom is 0.308 e. The number of nitrogens with two attached hydrogens (primary N) is 1. The van der Waals surface area contributed by atoms with Crippen LogP contribution >= 0.6 is 0 Å². The first-order valence-electron chi connectivity index (χ1n) is 15.7. The summed E-state index contributed by atoms with van der Waals surface area (Å²) in [5.41, 5.74) is 4.86. The van der Waals surface area contributed by atoms with Crippen LogP contribution < -0.4 is 5.73 Å². The molecule has 0 aromatic heterocycles. The largest absolute Gasteiger partial charge is 0.510 e. The number of primary amides is 1. The van der Waals surface area contributed by atoms with E-state index in [1.54, 1.807) is 20.2 Å². The molecule has 0 unspecified atom stereocenters. The molecule has 4 atom stereocenters. The van der Waals surface area contributed by atoms with Gasteiger partial charge in [0, 0.05) is 18.0 Å². The van der Waals surface area contributed by atoms with Gasteiger partial charge in [-0.05, 0) is 87.1 Å². The Hall–Kier alpha value is -4.52. The standard InChI is InChI=1S/C35H39N3O9/c1-37(2)28-23-15-20-14-22-21(18-6-4-17(5-7-18)16-38-12-10-19(11-13-38)34(45)47-3)8-9-24(39)26(22)29(40)25(20)31(42)35(23,46)32(43)27(30(28)41)33(36)44/h4-9,19-20,23,28,39,41-42,46H,10-16H2,1-3H3,(H2,36,44)/t20-,23-,28+,35+/m0/s1. The summed E-state index contributed by atoms with van der Waals surface area (Å²) in [6.07, 6.45) is 1.71. The number of Topliss-reactive ketones (excluding diaryl/α,β-unsaturated/α-hetero) is 2. The minimum atomic E-state index is -2.68. The highest BCUT2D eigenvalue weighted by atomic mass is 16.5. The number of piperidine rings is 1. The number of carbonyl (C=O) groups is 4. The molecule has 4 aliphatic rings. The second kappa shape index (κ2) is 11.9. The van der Waals surface area contributed by atoms with Crippen LogP contribution in [0.25, 0.3) is 11.1 Å². The molecule has 0 spiro atoms. The maximum atomic E-state index is 14.0. The molecule has 6 rings (SSSR count). The normalized spacial score (nSPS) is 26.6. The molecule has 1 amide bonds. The molecule has 6 N–H and O–H groups in total. The molecule has 12 heteroatoms. The van der Waals surface area contributed by atoms with Crippen molar-refractivity contribution in [2.24, 2.45) is 23.5 Å². The molecule has 0 saturated carbocycles. The average Bonchev–Trinajstić information content (AvgIpc) is 3.03. The van der Waals surface area contributed by atoms with Gasteiger partial charge in [0.1, 0.15) is 22.8 Å². The minimum Gasteiger partial charge on any atom is -0.510 e. The Kier molecular flexibility index (Phi) is 8.23. The number of carbonyl (C=O) groups excluding carboxylic acids is 4. The van der Waals surface area contributed by atoms with Crippen molar-refractivity contribution in [1.82, 2.24) is 9.80 Å². The topological polar surface area (TPSA) is 191 Å². The predicted molar refractivity (Wildman–Crippen MR) is 169 cm³/mol. The summed E-state index contributed by atoms with van der Waals surface area (Å²) in [5.74, 6) is -7.02. The third kappa shape index (κ3) is 5.11. The monoisotopic (exact) mass is 645 g/mol. The molecule has 3 aliphatic carbocycles. The number of likely N-dealkylation sites (tertiary alicyclic amines) is 1. The SMILES string of the molecule is COC(=O)C1CCN(Cc2ccc(-c3ccc(O)c4c3C[C@H]3C[C@H]5[C@@H](N(C)C)C(O)=C(C(N)=O)C(=O)[C@]5(O)C(O)=C3C4=O)cc2)CC1. The fourth-order valence-corrected chi connectivity index (χ4v) is 8.06.